The first-order valence-corrected chi connectivity index (χ1v) is 7.13. The molecule has 0 aromatic carbocycles. The summed E-state index contributed by atoms with van der Waals surface area (Å²) in [5.74, 6) is 0.0507. The SMILES string of the molecule is CC1(C)[C@H]2CC[C@@]1(C)[C@@H](NCC(=O)NCC(F)(F)F)C2. The summed E-state index contributed by atoms with van der Waals surface area (Å²) >= 11 is 0. The summed E-state index contributed by atoms with van der Waals surface area (Å²) in [5, 5.41) is 5.06. The van der Waals surface area contributed by atoms with Crippen molar-refractivity contribution in [3.05, 3.63) is 0 Å². The highest BCUT2D eigenvalue weighted by Gasteiger charge is 2.61. The fourth-order valence-electron chi connectivity index (χ4n) is 3.99. The molecule has 0 aromatic heterocycles. The Balaban J connectivity index is 1.83. The third kappa shape index (κ3) is 2.67. The highest BCUT2D eigenvalue weighted by atomic mass is 19.4. The molecule has 0 aromatic rings. The average molecular weight is 292 g/mol. The van der Waals surface area contributed by atoms with E-state index in [2.05, 4.69) is 26.1 Å². The Morgan fingerprint density at radius 2 is 1.95 bits per heavy atom. The molecule has 2 saturated carbocycles. The maximum absolute atomic E-state index is 12.0. The van der Waals surface area contributed by atoms with Crippen molar-refractivity contribution < 1.29 is 18.0 Å². The van der Waals surface area contributed by atoms with E-state index in [1.165, 1.54) is 6.42 Å². The zero-order valence-electron chi connectivity index (χ0n) is 12.2. The molecule has 116 valence electrons. The number of fused-ring (bicyclic) bond motifs is 2. The van der Waals surface area contributed by atoms with Gasteiger partial charge in [-0.2, -0.15) is 13.2 Å². The van der Waals surface area contributed by atoms with E-state index in [-0.39, 0.29) is 23.4 Å². The lowest BCUT2D eigenvalue weighted by Crippen LogP contribution is -2.48. The third-order valence-electron chi connectivity index (χ3n) is 5.79. The molecule has 0 spiro atoms. The van der Waals surface area contributed by atoms with E-state index in [0.717, 1.165) is 12.8 Å². The Kier molecular flexibility index (Phi) is 3.82. The van der Waals surface area contributed by atoms with Crippen molar-refractivity contribution in [3.63, 3.8) is 0 Å². The van der Waals surface area contributed by atoms with Crippen LogP contribution >= 0.6 is 0 Å². The van der Waals surface area contributed by atoms with Crippen molar-refractivity contribution in [3.8, 4) is 0 Å². The molecular weight excluding hydrogens is 269 g/mol. The lowest BCUT2D eigenvalue weighted by molar-refractivity contribution is -0.138. The minimum Gasteiger partial charge on any atom is -0.346 e. The summed E-state index contributed by atoms with van der Waals surface area (Å²) in [6.07, 6.45) is -1.01. The van der Waals surface area contributed by atoms with Gasteiger partial charge in [-0.15, -0.1) is 0 Å². The molecule has 0 radical (unpaired) electrons. The van der Waals surface area contributed by atoms with Crippen LogP contribution in [0.2, 0.25) is 0 Å². The van der Waals surface area contributed by atoms with Gasteiger partial charge in [-0.1, -0.05) is 20.8 Å². The Hall–Kier alpha value is -0.780. The van der Waals surface area contributed by atoms with Gasteiger partial charge >= 0.3 is 6.18 Å². The van der Waals surface area contributed by atoms with Crippen LogP contribution in [0.5, 0.6) is 0 Å². The average Bonchev–Trinajstić information content (AvgIpc) is 2.65. The van der Waals surface area contributed by atoms with Crippen LogP contribution in [0, 0.1) is 16.7 Å². The Morgan fingerprint density at radius 1 is 1.30 bits per heavy atom. The minimum atomic E-state index is -4.35. The first kappa shape index (κ1) is 15.6. The molecule has 0 heterocycles. The molecule has 0 unspecified atom stereocenters. The number of rotatable bonds is 4. The van der Waals surface area contributed by atoms with Gasteiger partial charge in [-0.3, -0.25) is 4.79 Å². The van der Waals surface area contributed by atoms with Crippen LogP contribution in [0.4, 0.5) is 13.2 Å². The van der Waals surface area contributed by atoms with E-state index in [9.17, 15) is 18.0 Å². The van der Waals surface area contributed by atoms with Gasteiger partial charge in [0, 0.05) is 6.04 Å². The van der Waals surface area contributed by atoms with Crippen LogP contribution in [-0.2, 0) is 4.79 Å². The van der Waals surface area contributed by atoms with Crippen LogP contribution in [0.15, 0.2) is 0 Å². The quantitative estimate of drug-likeness (QED) is 0.836. The maximum atomic E-state index is 12.0. The van der Waals surface area contributed by atoms with Crippen molar-refractivity contribution in [2.24, 2.45) is 16.7 Å². The van der Waals surface area contributed by atoms with Gasteiger partial charge in [-0.05, 0) is 36.0 Å². The molecular formula is C14H23F3N2O. The molecule has 1 amide bonds. The van der Waals surface area contributed by atoms with Gasteiger partial charge in [0.2, 0.25) is 5.91 Å². The van der Waals surface area contributed by atoms with Gasteiger partial charge in [0.25, 0.3) is 0 Å². The van der Waals surface area contributed by atoms with Crippen LogP contribution in [0.1, 0.15) is 40.0 Å². The van der Waals surface area contributed by atoms with E-state index >= 15 is 0 Å². The summed E-state index contributed by atoms with van der Waals surface area (Å²) in [6.45, 7) is 5.44. The minimum absolute atomic E-state index is 0.0425. The van der Waals surface area contributed by atoms with Crippen LogP contribution < -0.4 is 10.6 Å². The molecule has 2 bridgehead atoms. The van der Waals surface area contributed by atoms with Gasteiger partial charge in [-0.25, -0.2) is 0 Å². The van der Waals surface area contributed by atoms with E-state index in [1.807, 2.05) is 5.32 Å². The molecule has 0 saturated heterocycles. The zero-order valence-corrected chi connectivity index (χ0v) is 12.2. The van der Waals surface area contributed by atoms with E-state index < -0.39 is 18.6 Å². The van der Waals surface area contributed by atoms with E-state index in [1.54, 1.807) is 0 Å². The first-order chi connectivity index (χ1) is 9.06. The number of alkyl halides is 3. The molecule has 2 aliphatic carbocycles. The second-order valence-corrected chi connectivity index (χ2v) is 6.94. The molecule has 3 atom stereocenters. The molecule has 0 aliphatic heterocycles. The maximum Gasteiger partial charge on any atom is 0.405 e. The molecule has 3 nitrogen and oxygen atoms in total. The van der Waals surface area contributed by atoms with Gasteiger partial charge < -0.3 is 10.6 Å². The lowest BCUT2D eigenvalue weighted by atomic mass is 9.69. The molecule has 2 N–H and O–H groups in total. The summed E-state index contributed by atoms with van der Waals surface area (Å²) in [6, 6.07) is 0.216. The molecule has 6 heteroatoms. The third-order valence-corrected chi connectivity index (χ3v) is 5.79. The summed E-state index contributed by atoms with van der Waals surface area (Å²) in [5.41, 5.74) is 0.356. The summed E-state index contributed by atoms with van der Waals surface area (Å²) in [4.78, 5) is 11.4. The van der Waals surface area contributed by atoms with Crippen LogP contribution in [0.25, 0.3) is 0 Å². The predicted molar refractivity (Wildman–Crippen MR) is 70.1 cm³/mol. The molecule has 2 fully saturated rings. The van der Waals surface area contributed by atoms with Crippen LogP contribution in [0.3, 0.4) is 0 Å². The van der Waals surface area contributed by atoms with Crippen molar-refractivity contribution >= 4 is 5.91 Å². The number of halogens is 3. The normalized spacial score (nSPS) is 35.3. The topological polar surface area (TPSA) is 41.1 Å². The molecule has 2 rings (SSSR count). The smallest absolute Gasteiger partial charge is 0.346 e. The first-order valence-electron chi connectivity index (χ1n) is 7.13. The zero-order chi connectivity index (χ0) is 15.2. The second-order valence-electron chi connectivity index (χ2n) is 6.94. The lowest BCUT2D eigenvalue weighted by Gasteiger charge is -2.39. The van der Waals surface area contributed by atoms with Crippen molar-refractivity contribution in [2.75, 3.05) is 13.1 Å². The number of amides is 1. The number of carbonyl (C=O) groups excluding carboxylic acids is 1. The summed E-state index contributed by atoms with van der Waals surface area (Å²) < 4.78 is 36.0. The Bertz CT molecular complexity index is 394. The highest BCUT2D eigenvalue weighted by molar-refractivity contribution is 5.78. The van der Waals surface area contributed by atoms with Gasteiger partial charge in [0.15, 0.2) is 0 Å². The van der Waals surface area contributed by atoms with Crippen molar-refractivity contribution in [1.82, 2.24) is 10.6 Å². The second kappa shape index (κ2) is 4.90. The van der Waals surface area contributed by atoms with Gasteiger partial charge in [0.1, 0.15) is 6.54 Å². The largest absolute Gasteiger partial charge is 0.405 e. The fraction of sp³-hybridized carbons (Fsp3) is 0.929. The monoisotopic (exact) mass is 292 g/mol. The van der Waals surface area contributed by atoms with Crippen molar-refractivity contribution in [1.29, 1.82) is 0 Å². The van der Waals surface area contributed by atoms with Crippen LogP contribution in [-0.4, -0.2) is 31.2 Å². The fourth-order valence-corrected chi connectivity index (χ4v) is 3.99. The number of hydrogen-bond acceptors (Lipinski definition) is 2. The highest BCUT2D eigenvalue weighted by Crippen LogP contribution is 2.65. The Labute approximate surface area is 117 Å². The Morgan fingerprint density at radius 3 is 2.40 bits per heavy atom. The predicted octanol–water partition coefficient (Wildman–Crippen LogP) is 2.47. The standard InChI is InChI=1S/C14H23F3N2O/c1-12(2)9-4-5-13(12,3)10(6-9)18-7-11(20)19-8-14(15,16)17/h9-10,18H,4-8H2,1-3H3,(H,19,20)/t9-,10-,13-/m0/s1. The number of nitrogens with one attached hydrogen (secondary N) is 2. The van der Waals surface area contributed by atoms with E-state index in [0.29, 0.717) is 5.92 Å². The molecule has 2 aliphatic rings. The summed E-state index contributed by atoms with van der Waals surface area (Å²) in [7, 11) is 0. The number of carbonyl (C=O) groups is 1. The number of hydrogen-bond donors (Lipinski definition) is 2. The van der Waals surface area contributed by atoms with E-state index in [4.69, 9.17) is 0 Å². The van der Waals surface area contributed by atoms with Crippen molar-refractivity contribution in [2.45, 2.75) is 52.3 Å². The van der Waals surface area contributed by atoms with Gasteiger partial charge in [0.05, 0.1) is 6.54 Å². The molecule has 20 heavy (non-hydrogen) atoms.